The van der Waals surface area contributed by atoms with Gasteiger partial charge in [0.1, 0.15) is 0 Å². The van der Waals surface area contributed by atoms with Gasteiger partial charge >= 0.3 is 0 Å². The standard InChI is InChI=1S/C19H23NOS/c20-18-13-16(21-14-15-7-3-1-4-8-15)11-12-19(18)22-17-9-5-2-6-10-17/h1-10,16,18-19H,11-14,20H2/t16-,18-,19-/m0/s1. The normalized spacial score (nSPS) is 25.0. The van der Waals surface area contributed by atoms with Crippen molar-refractivity contribution in [3.8, 4) is 0 Å². The highest BCUT2D eigenvalue weighted by atomic mass is 32.2. The number of hydrogen-bond donors (Lipinski definition) is 1. The molecule has 0 saturated heterocycles. The van der Waals surface area contributed by atoms with Crippen LogP contribution in [0.15, 0.2) is 65.6 Å². The molecular weight excluding hydrogens is 290 g/mol. The van der Waals surface area contributed by atoms with E-state index < -0.39 is 0 Å². The van der Waals surface area contributed by atoms with E-state index in [1.54, 1.807) is 0 Å². The number of benzene rings is 2. The van der Waals surface area contributed by atoms with Crippen molar-refractivity contribution in [3.05, 3.63) is 66.2 Å². The van der Waals surface area contributed by atoms with Crippen molar-refractivity contribution in [1.29, 1.82) is 0 Å². The average Bonchev–Trinajstić information content (AvgIpc) is 2.57. The highest BCUT2D eigenvalue weighted by molar-refractivity contribution is 8.00. The summed E-state index contributed by atoms with van der Waals surface area (Å²) in [5.41, 5.74) is 7.62. The highest BCUT2D eigenvalue weighted by Crippen LogP contribution is 2.34. The Kier molecular flexibility index (Phi) is 5.54. The molecule has 3 heteroatoms. The fraction of sp³-hybridized carbons (Fsp3) is 0.368. The lowest BCUT2D eigenvalue weighted by Gasteiger charge is -2.33. The molecule has 0 bridgehead atoms. The van der Waals surface area contributed by atoms with E-state index in [1.165, 1.54) is 10.5 Å². The van der Waals surface area contributed by atoms with Gasteiger partial charge in [-0.15, -0.1) is 11.8 Å². The lowest BCUT2D eigenvalue weighted by molar-refractivity contribution is 0.0134. The van der Waals surface area contributed by atoms with Gasteiger partial charge in [-0.2, -0.15) is 0 Å². The first kappa shape index (κ1) is 15.6. The average molecular weight is 313 g/mol. The smallest absolute Gasteiger partial charge is 0.0720 e. The molecule has 2 N–H and O–H groups in total. The molecular formula is C19H23NOS. The SMILES string of the molecule is N[C@H]1C[C@@H](OCc2ccccc2)CC[C@@H]1Sc1ccccc1. The second-order valence-corrected chi connectivity index (χ2v) is 7.18. The maximum Gasteiger partial charge on any atom is 0.0720 e. The topological polar surface area (TPSA) is 35.2 Å². The number of nitrogens with two attached hydrogens (primary N) is 1. The molecule has 0 aromatic heterocycles. The predicted molar refractivity (Wildman–Crippen MR) is 92.9 cm³/mol. The largest absolute Gasteiger partial charge is 0.373 e. The van der Waals surface area contributed by atoms with Crippen LogP contribution in [0, 0.1) is 0 Å². The van der Waals surface area contributed by atoms with Crippen LogP contribution < -0.4 is 5.73 Å². The molecule has 2 aromatic rings. The third-order valence-corrected chi connectivity index (χ3v) is 5.58. The van der Waals surface area contributed by atoms with E-state index in [-0.39, 0.29) is 6.04 Å². The Morgan fingerprint density at radius 2 is 1.64 bits per heavy atom. The first-order valence-electron chi connectivity index (χ1n) is 7.94. The van der Waals surface area contributed by atoms with E-state index in [0.717, 1.165) is 19.3 Å². The van der Waals surface area contributed by atoms with Crippen LogP contribution in [0.25, 0.3) is 0 Å². The van der Waals surface area contributed by atoms with E-state index in [4.69, 9.17) is 10.5 Å². The lowest BCUT2D eigenvalue weighted by atomic mass is 9.93. The van der Waals surface area contributed by atoms with Crippen molar-refractivity contribution in [2.75, 3.05) is 0 Å². The predicted octanol–water partition coefficient (Wildman–Crippen LogP) is 4.24. The van der Waals surface area contributed by atoms with Crippen LogP contribution in [0.1, 0.15) is 24.8 Å². The number of hydrogen-bond acceptors (Lipinski definition) is 3. The molecule has 3 atom stereocenters. The molecule has 1 aliphatic rings. The van der Waals surface area contributed by atoms with Gasteiger partial charge in [-0.3, -0.25) is 0 Å². The maximum atomic E-state index is 6.39. The Labute approximate surface area is 137 Å². The number of ether oxygens (including phenoxy) is 1. The van der Waals surface area contributed by atoms with Gasteiger partial charge in [0.15, 0.2) is 0 Å². The molecule has 0 aliphatic heterocycles. The fourth-order valence-electron chi connectivity index (χ4n) is 2.90. The molecule has 1 aliphatic carbocycles. The van der Waals surface area contributed by atoms with E-state index in [9.17, 15) is 0 Å². The van der Waals surface area contributed by atoms with Gasteiger partial charge in [-0.25, -0.2) is 0 Å². The summed E-state index contributed by atoms with van der Waals surface area (Å²) in [5, 5.41) is 0.499. The first-order valence-corrected chi connectivity index (χ1v) is 8.82. The molecule has 0 amide bonds. The molecule has 116 valence electrons. The van der Waals surface area contributed by atoms with Gasteiger partial charge in [-0.1, -0.05) is 48.5 Å². The molecule has 1 saturated carbocycles. The first-order chi connectivity index (χ1) is 10.8. The summed E-state index contributed by atoms with van der Waals surface area (Å²) >= 11 is 1.91. The van der Waals surface area contributed by atoms with Crippen LogP contribution in [0.2, 0.25) is 0 Å². The van der Waals surface area contributed by atoms with Gasteiger partial charge < -0.3 is 10.5 Å². The van der Waals surface area contributed by atoms with Crippen molar-refractivity contribution < 1.29 is 4.74 Å². The van der Waals surface area contributed by atoms with Crippen LogP contribution in [0.4, 0.5) is 0 Å². The summed E-state index contributed by atoms with van der Waals surface area (Å²) in [7, 11) is 0. The third-order valence-electron chi connectivity index (χ3n) is 4.14. The van der Waals surface area contributed by atoms with Gasteiger partial charge in [0, 0.05) is 16.2 Å². The Balaban J connectivity index is 1.47. The summed E-state index contributed by atoms with van der Waals surface area (Å²) in [5.74, 6) is 0. The van der Waals surface area contributed by atoms with Crippen molar-refractivity contribution in [2.45, 2.75) is 48.2 Å². The second kappa shape index (κ2) is 7.82. The lowest BCUT2D eigenvalue weighted by Crippen LogP contribution is -2.41. The summed E-state index contributed by atoms with van der Waals surface area (Å²) in [6.45, 7) is 0.689. The molecule has 2 aromatic carbocycles. The number of rotatable bonds is 5. The fourth-order valence-corrected chi connectivity index (χ4v) is 4.10. The minimum Gasteiger partial charge on any atom is -0.373 e. The minimum atomic E-state index is 0.208. The molecule has 0 unspecified atom stereocenters. The van der Waals surface area contributed by atoms with Gasteiger partial charge in [0.25, 0.3) is 0 Å². The van der Waals surface area contributed by atoms with Crippen LogP contribution >= 0.6 is 11.8 Å². The zero-order valence-corrected chi connectivity index (χ0v) is 13.5. The monoisotopic (exact) mass is 313 g/mol. The maximum absolute atomic E-state index is 6.39. The molecule has 0 spiro atoms. The highest BCUT2D eigenvalue weighted by Gasteiger charge is 2.29. The molecule has 1 fully saturated rings. The Hall–Kier alpha value is -1.29. The third kappa shape index (κ3) is 4.35. The van der Waals surface area contributed by atoms with Crippen molar-refractivity contribution >= 4 is 11.8 Å². The molecule has 0 radical (unpaired) electrons. The summed E-state index contributed by atoms with van der Waals surface area (Å²) in [6, 6.07) is 21.1. The van der Waals surface area contributed by atoms with Crippen LogP contribution in [0.3, 0.4) is 0 Å². The van der Waals surface area contributed by atoms with E-state index >= 15 is 0 Å². The second-order valence-electron chi connectivity index (χ2n) is 5.86. The zero-order valence-electron chi connectivity index (χ0n) is 12.7. The molecule has 2 nitrogen and oxygen atoms in total. The van der Waals surface area contributed by atoms with Crippen LogP contribution in [-0.4, -0.2) is 17.4 Å². The van der Waals surface area contributed by atoms with E-state index in [1.807, 2.05) is 17.8 Å². The zero-order chi connectivity index (χ0) is 15.2. The van der Waals surface area contributed by atoms with Crippen molar-refractivity contribution in [1.82, 2.24) is 0 Å². The van der Waals surface area contributed by atoms with Crippen molar-refractivity contribution in [2.24, 2.45) is 5.73 Å². The quantitative estimate of drug-likeness (QED) is 0.896. The molecule has 0 heterocycles. The van der Waals surface area contributed by atoms with Gasteiger partial charge in [0.2, 0.25) is 0 Å². The summed E-state index contributed by atoms with van der Waals surface area (Å²) < 4.78 is 6.05. The summed E-state index contributed by atoms with van der Waals surface area (Å²) in [4.78, 5) is 1.31. The van der Waals surface area contributed by atoms with Crippen LogP contribution in [0.5, 0.6) is 0 Å². The van der Waals surface area contributed by atoms with Gasteiger partial charge in [-0.05, 0) is 37.0 Å². The number of thioether (sulfide) groups is 1. The Bertz CT molecular complexity index is 560. The van der Waals surface area contributed by atoms with E-state index in [0.29, 0.717) is 18.0 Å². The minimum absolute atomic E-state index is 0.208. The summed E-state index contributed by atoms with van der Waals surface area (Å²) in [6.07, 6.45) is 3.48. The molecule has 22 heavy (non-hydrogen) atoms. The van der Waals surface area contributed by atoms with E-state index in [2.05, 4.69) is 54.6 Å². The van der Waals surface area contributed by atoms with Crippen molar-refractivity contribution in [3.63, 3.8) is 0 Å². The molecule has 3 rings (SSSR count). The van der Waals surface area contributed by atoms with Gasteiger partial charge in [0.05, 0.1) is 12.7 Å². The van der Waals surface area contributed by atoms with Crippen LogP contribution in [-0.2, 0) is 11.3 Å². The Morgan fingerprint density at radius 1 is 0.955 bits per heavy atom. The Morgan fingerprint density at radius 3 is 2.32 bits per heavy atom.